The van der Waals surface area contributed by atoms with E-state index in [4.69, 9.17) is 16.6 Å². The van der Waals surface area contributed by atoms with Crippen LogP contribution >= 0.6 is 11.6 Å². The van der Waals surface area contributed by atoms with E-state index in [9.17, 15) is 14.7 Å². The van der Waals surface area contributed by atoms with E-state index < -0.39 is 12.0 Å². The van der Waals surface area contributed by atoms with Gasteiger partial charge in [0.05, 0.1) is 23.2 Å². The van der Waals surface area contributed by atoms with Crippen molar-refractivity contribution in [1.29, 1.82) is 0 Å². The van der Waals surface area contributed by atoms with Gasteiger partial charge in [-0.15, -0.1) is 0 Å². The SMILES string of the molecule is O=C(C(O)c1cccc(-c2cccc(Cl)c2)c1)N1CCCc2nc(C3(c4cncc(C5CCCCC5)c4)CC3)[nH]c(=O)c2C1. The molecule has 1 aliphatic heterocycles. The first kappa shape index (κ1) is 28.9. The number of rotatable bonds is 6. The quantitative estimate of drug-likeness (QED) is 0.256. The number of aromatic amines is 1. The summed E-state index contributed by atoms with van der Waals surface area (Å²) in [5, 5.41) is 11.8. The highest BCUT2D eigenvalue weighted by Crippen LogP contribution is 2.52. The van der Waals surface area contributed by atoms with E-state index in [1.54, 1.807) is 17.0 Å². The van der Waals surface area contributed by atoms with Gasteiger partial charge in [-0.05, 0) is 90.5 Å². The number of benzene rings is 2. The maximum absolute atomic E-state index is 13.6. The van der Waals surface area contributed by atoms with Gasteiger partial charge in [-0.2, -0.15) is 0 Å². The number of nitrogens with one attached hydrogen (secondary N) is 1. The smallest absolute Gasteiger partial charge is 0.256 e. The van der Waals surface area contributed by atoms with Gasteiger partial charge in [-0.1, -0.05) is 67.3 Å². The summed E-state index contributed by atoms with van der Waals surface area (Å²) in [7, 11) is 0. The monoisotopic (exact) mass is 608 g/mol. The standard InChI is InChI=1S/C36H37ClN4O3/c37-29-12-5-10-25(19-29)24-9-4-11-26(17-24)32(42)34(44)41-16-6-13-31-30(22-41)33(43)40-35(39-31)36(14-15-36)28-18-27(20-38-21-28)23-7-2-1-3-8-23/h4-5,9-12,17-21,23,32,42H,1-3,6-8,13-16,22H2,(H,39,40,43). The van der Waals surface area contributed by atoms with E-state index in [0.717, 1.165) is 35.2 Å². The lowest BCUT2D eigenvalue weighted by atomic mass is 9.83. The maximum Gasteiger partial charge on any atom is 0.256 e. The van der Waals surface area contributed by atoms with Gasteiger partial charge < -0.3 is 15.0 Å². The lowest BCUT2D eigenvalue weighted by Crippen LogP contribution is -2.36. The Hall–Kier alpha value is -3.81. The molecule has 44 heavy (non-hydrogen) atoms. The minimum absolute atomic E-state index is 0.119. The highest BCUT2D eigenvalue weighted by atomic mass is 35.5. The average molecular weight is 609 g/mol. The molecule has 2 fully saturated rings. The van der Waals surface area contributed by atoms with Crippen molar-refractivity contribution in [1.82, 2.24) is 19.9 Å². The zero-order chi connectivity index (χ0) is 30.3. The molecule has 2 aliphatic carbocycles. The molecule has 226 valence electrons. The summed E-state index contributed by atoms with van der Waals surface area (Å²) < 4.78 is 0. The molecule has 1 amide bonds. The van der Waals surface area contributed by atoms with Crippen molar-refractivity contribution in [3.8, 4) is 11.1 Å². The first-order chi connectivity index (χ1) is 21.4. The summed E-state index contributed by atoms with van der Waals surface area (Å²) in [6.07, 6.45) is 12.0. The molecule has 4 aromatic rings. The van der Waals surface area contributed by atoms with E-state index in [1.807, 2.05) is 48.8 Å². The largest absolute Gasteiger partial charge is 0.378 e. The minimum Gasteiger partial charge on any atom is -0.378 e. The van der Waals surface area contributed by atoms with Crippen molar-refractivity contribution in [3.63, 3.8) is 0 Å². The highest BCUT2D eigenvalue weighted by Gasteiger charge is 2.49. The molecule has 2 saturated carbocycles. The molecule has 0 saturated heterocycles. The number of carbonyl (C=O) groups excluding carboxylic acids is 1. The van der Waals surface area contributed by atoms with E-state index in [1.165, 1.54) is 37.7 Å². The van der Waals surface area contributed by atoms with Crippen molar-refractivity contribution in [3.05, 3.63) is 116 Å². The van der Waals surface area contributed by atoms with Crippen LogP contribution in [-0.4, -0.2) is 37.4 Å². The predicted octanol–water partition coefficient (Wildman–Crippen LogP) is 6.62. The number of nitrogens with zero attached hydrogens (tertiary/aromatic N) is 3. The topological polar surface area (TPSA) is 99.2 Å². The third-order valence-corrected chi connectivity index (χ3v) is 10.0. The number of pyridine rings is 1. The molecular weight excluding hydrogens is 572 g/mol. The van der Waals surface area contributed by atoms with Gasteiger partial charge in [0.1, 0.15) is 5.82 Å². The van der Waals surface area contributed by atoms with Crippen molar-refractivity contribution in [2.24, 2.45) is 0 Å². The first-order valence-corrected chi connectivity index (χ1v) is 16.2. The summed E-state index contributed by atoms with van der Waals surface area (Å²) >= 11 is 6.18. The number of aryl methyl sites for hydroxylation is 1. The van der Waals surface area contributed by atoms with Crippen LogP contribution in [0.25, 0.3) is 11.1 Å². The Balaban J connectivity index is 1.12. The van der Waals surface area contributed by atoms with E-state index in [0.29, 0.717) is 47.3 Å². The van der Waals surface area contributed by atoms with E-state index in [2.05, 4.69) is 16.0 Å². The van der Waals surface area contributed by atoms with Gasteiger partial charge in [0, 0.05) is 24.0 Å². The van der Waals surface area contributed by atoms with Gasteiger partial charge in [-0.3, -0.25) is 14.6 Å². The molecule has 0 spiro atoms. The van der Waals surface area contributed by atoms with Crippen LogP contribution in [0.15, 0.2) is 71.8 Å². The molecule has 0 bridgehead atoms. The number of amides is 1. The number of carbonyl (C=O) groups is 1. The fourth-order valence-corrected chi connectivity index (χ4v) is 7.26. The number of aliphatic hydroxyl groups excluding tert-OH is 1. The lowest BCUT2D eigenvalue weighted by Gasteiger charge is -2.24. The van der Waals surface area contributed by atoms with Crippen LogP contribution < -0.4 is 5.56 Å². The molecule has 1 unspecified atom stereocenters. The molecule has 2 N–H and O–H groups in total. The summed E-state index contributed by atoms with van der Waals surface area (Å²) in [5.74, 6) is 0.847. The summed E-state index contributed by atoms with van der Waals surface area (Å²) in [6, 6.07) is 17.1. The molecule has 8 heteroatoms. The summed E-state index contributed by atoms with van der Waals surface area (Å²) in [5.41, 5.74) is 5.44. The molecular formula is C36H37ClN4O3. The van der Waals surface area contributed by atoms with Crippen LogP contribution in [0.1, 0.15) is 97.2 Å². The van der Waals surface area contributed by atoms with Crippen molar-refractivity contribution in [2.45, 2.75) is 81.8 Å². The number of hydrogen-bond acceptors (Lipinski definition) is 5. The third-order valence-electron chi connectivity index (χ3n) is 9.79. The third kappa shape index (κ3) is 5.59. The van der Waals surface area contributed by atoms with Crippen LogP contribution in [0, 0.1) is 0 Å². The van der Waals surface area contributed by atoms with Gasteiger partial charge in [0.15, 0.2) is 6.10 Å². The van der Waals surface area contributed by atoms with Crippen molar-refractivity contribution in [2.75, 3.05) is 6.54 Å². The molecule has 3 aliphatic rings. The van der Waals surface area contributed by atoms with E-state index >= 15 is 0 Å². The van der Waals surface area contributed by atoms with Crippen LogP contribution in [0.3, 0.4) is 0 Å². The second-order valence-electron chi connectivity index (χ2n) is 12.7. The minimum atomic E-state index is -1.35. The predicted molar refractivity (Wildman–Crippen MR) is 171 cm³/mol. The number of aliphatic hydroxyl groups is 1. The Morgan fingerprint density at radius 3 is 2.55 bits per heavy atom. The molecule has 0 radical (unpaired) electrons. The normalized spacial score (nSPS) is 18.7. The van der Waals surface area contributed by atoms with Gasteiger partial charge in [-0.25, -0.2) is 4.98 Å². The fraction of sp³-hybridized carbons (Fsp3) is 0.389. The lowest BCUT2D eigenvalue weighted by molar-refractivity contribution is -0.141. The molecule has 1 atom stereocenters. The molecule has 2 aromatic carbocycles. The molecule has 3 heterocycles. The average Bonchev–Trinajstić information content (AvgIpc) is 3.90. The zero-order valence-corrected chi connectivity index (χ0v) is 25.5. The summed E-state index contributed by atoms with van der Waals surface area (Å²) in [6.45, 7) is 0.557. The number of halogens is 1. The maximum atomic E-state index is 13.6. The highest BCUT2D eigenvalue weighted by molar-refractivity contribution is 6.30. The molecule has 7 rings (SSSR count). The second kappa shape index (κ2) is 11.9. The van der Waals surface area contributed by atoms with Crippen LogP contribution in [0.5, 0.6) is 0 Å². The second-order valence-corrected chi connectivity index (χ2v) is 13.1. The Morgan fingerprint density at radius 1 is 1.00 bits per heavy atom. The molecule has 2 aromatic heterocycles. The Morgan fingerprint density at radius 2 is 1.77 bits per heavy atom. The van der Waals surface area contributed by atoms with Crippen LogP contribution in [-0.2, 0) is 23.2 Å². The number of H-pyrrole nitrogens is 1. The number of fused-ring (bicyclic) bond motifs is 1. The number of hydrogen-bond donors (Lipinski definition) is 2. The van der Waals surface area contributed by atoms with Gasteiger partial charge in [0.25, 0.3) is 11.5 Å². The van der Waals surface area contributed by atoms with Crippen LogP contribution in [0.2, 0.25) is 5.02 Å². The van der Waals surface area contributed by atoms with Gasteiger partial charge in [0.2, 0.25) is 0 Å². The fourth-order valence-electron chi connectivity index (χ4n) is 7.07. The van der Waals surface area contributed by atoms with Crippen molar-refractivity contribution < 1.29 is 9.90 Å². The molecule has 7 nitrogen and oxygen atoms in total. The van der Waals surface area contributed by atoms with E-state index in [-0.39, 0.29) is 17.5 Å². The van der Waals surface area contributed by atoms with Gasteiger partial charge >= 0.3 is 0 Å². The first-order valence-electron chi connectivity index (χ1n) is 15.8. The Bertz CT molecular complexity index is 1760. The van der Waals surface area contributed by atoms with Crippen molar-refractivity contribution >= 4 is 17.5 Å². The zero-order valence-electron chi connectivity index (χ0n) is 24.8. The Labute approximate surface area is 262 Å². The Kier molecular flexibility index (Phi) is 7.85. The number of aromatic nitrogens is 3. The van der Waals surface area contributed by atoms with Crippen LogP contribution in [0.4, 0.5) is 0 Å². The summed E-state index contributed by atoms with van der Waals surface area (Å²) in [4.78, 5) is 41.5.